The lowest BCUT2D eigenvalue weighted by Crippen LogP contribution is -2.43. The molecule has 0 bridgehead atoms. The Balaban J connectivity index is 1.88. The summed E-state index contributed by atoms with van der Waals surface area (Å²) in [5.41, 5.74) is 0.410. The number of hydrogen-bond donors (Lipinski definition) is 2. The van der Waals surface area contributed by atoms with Gasteiger partial charge in [0.05, 0.1) is 6.20 Å². The van der Waals surface area contributed by atoms with Crippen LogP contribution in [0.1, 0.15) is 37.2 Å². The Morgan fingerprint density at radius 1 is 1.67 bits per heavy atom. The molecule has 1 saturated heterocycles. The van der Waals surface area contributed by atoms with Gasteiger partial charge in [0, 0.05) is 19.1 Å². The largest absolute Gasteiger partial charge is 0.337 e. The lowest BCUT2D eigenvalue weighted by atomic mass is 9.97. The van der Waals surface area contributed by atoms with E-state index in [4.69, 9.17) is 0 Å². The van der Waals surface area contributed by atoms with Crippen LogP contribution in [0.15, 0.2) is 6.20 Å². The van der Waals surface area contributed by atoms with Crippen LogP contribution in [0.4, 0.5) is 0 Å². The summed E-state index contributed by atoms with van der Waals surface area (Å²) in [4.78, 5) is 14.0. The van der Waals surface area contributed by atoms with Crippen molar-refractivity contribution in [2.45, 2.75) is 32.7 Å². The number of rotatable bonds is 4. The van der Waals surface area contributed by atoms with E-state index in [0.717, 1.165) is 26.1 Å². The summed E-state index contributed by atoms with van der Waals surface area (Å²) < 4.78 is 0. The number of amides is 1. The van der Waals surface area contributed by atoms with Gasteiger partial charge in [0.15, 0.2) is 5.69 Å². The van der Waals surface area contributed by atoms with E-state index in [9.17, 15) is 4.79 Å². The van der Waals surface area contributed by atoms with Crippen LogP contribution in [0, 0.1) is 5.92 Å². The molecular weight excluding hydrogens is 230 g/mol. The number of nitrogens with zero attached hydrogens (tertiary/aromatic N) is 3. The fourth-order valence-corrected chi connectivity index (χ4v) is 2.29. The van der Waals surface area contributed by atoms with Gasteiger partial charge in [-0.1, -0.05) is 13.8 Å². The molecule has 0 aromatic carbocycles. The average Bonchev–Trinajstić information content (AvgIpc) is 2.89. The van der Waals surface area contributed by atoms with E-state index in [1.165, 1.54) is 12.6 Å². The highest BCUT2D eigenvalue weighted by molar-refractivity contribution is 5.91. The highest BCUT2D eigenvalue weighted by atomic mass is 16.2. The number of piperidine rings is 1. The molecule has 100 valence electrons. The number of aromatic nitrogens is 3. The summed E-state index contributed by atoms with van der Waals surface area (Å²) in [6, 6.07) is 0.492. The molecule has 2 heterocycles. The van der Waals surface area contributed by atoms with Crippen LogP contribution < -0.4 is 5.32 Å². The Morgan fingerprint density at radius 3 is 3.17 bits per heavy atom. The zero-order valence-electron chi connectivity index (χ0n) is 11.0. The lowest BCUT2D eigenvalue weighted by molar-refractivity contribution is 0.0666. The Morgan fingerprint density at radius 2 is 2.50 bits per heavy atom. The Hall–Kier alpha value is -1.43. The third-order valence-corrected chi connectivity index (χ3v) is 3.26. The second kappa shape index (κ2) is 5.95. The van der Waals surface area contributed by atoms with E-state index >= 15 is 0 Å². The fourth-order valence-electron chi connectivity index (χ4n) is 2.29. The predicted molar refractivity (Wildman–Crippen MR) is 68.1 cm³/mol. The van der Waals surface area contributed by atoms with Gasteiger partial charge in [-0.2, -0.15) is 15.4 Å². The zero-order valence-corrected chi connectivity index (χ0v) is 11.0. The molecule has 1 aliphatic heterocycles. The van der Waals surface area contributed by atoms with Gasteiger partial charge in [0.1, 0.15) is 0 Å². The van der Waals surface area contributed by atoms with Crippen molar-refractivity contribution in [2.75, 3.05) is 19.6 Å². The maximum atomic E-state index is 12.1. The maximum Gasteiger partial charge on any atom is 0.276 e. The number of hydrogen-bond acceptors (Lipinski definition) is 4. The number of likely N-dealkylation sites (tertiary alicyclic amines) is 1. The zero-order chi connectivity index (χ0) is 13.0. The first-order valence-electron chi connectivity index (χ1n) is 6.55. The number of H-pyrrole nitrogens is 1. The standard InChI is InChI=1S/C12H21N5O/c1-9(2)13-6-10-4-3-5-17(8-10)12(18)11-7-14-16-15-11/h7,9-10,13H,3-6,8H2,1-2H3,(H,14,15,16). The van der Waals surface area contributed by atoms with Crippen LogP contribution in [-0.2, 0) is 0 Å². The second-order valence-corrected chi connectivity index (χ2v) is 5.18. The maximum absolute atomic E-state index is 12.1. The first-order valence-corrected chi connectivity index (χ1v) is 6.55. The smallest absolute Gasteiger partial charge is 0.276 e. The van der Waals surface area contributed by atoms with Gasteiger partial charge >= 0.3 is 0 Å². The van der Waals surface area contributed by atoms with Crippen LogP contribution >= 0.6 is 0 Å². The normalized spacial score (nSPS) is 20.4. The Bertz CT molecular complexity index is 376. The fraction of sp³-hybridized carbons (Fsp3) is 0.750. The quantitative estimate of drug-likeness (QED) is 0.824. The minimum atomic E-state index is -0.0157. The SMILES string of the molecule is CC(C)NCC1CCCN(C(=O)c2cn[nH]n2)C1. The van der Waals surface area contributed by atoms with Crippen molar-refractivity contribution in [1.29, 1.82) is 0 Å². The molecule has 1 aliphatic rings. The third kappa shape index (κ3) is 3.29. The molecule has 1 aromatic rings. The van der Waals surface area contributed by atoms with Crippen LogP contribution in [-0.4, -0.2) is 51.9 Å². The molecule has 0 saturated carbocycles. The van der Waals surface area contributed by atoms with Crippen LogP contribution in [0.3, 0.4) is 0 Å². The molecule has 1 unspecified atom stereocenters. The van der Waals surface area contributed by atoms with E-state index in [1.54, 1.807) is 0 Å². The highest BCUT2D eigenvalue weighted by Gasteiger charge is 2.25. The van der Waals surface area contributed by atoms with E-state index in [1.807, 2.05) is 4.90 Å². The number of carbonyl (C=O) groups is 1. The summed E-state index contributed by atoms with van der Waals surface area (Å²) in [5, 5.41) is 13.4. The van der Waals surface area contributed by atoms with Crippen LogP contribution in [0.5, 0.6) is 0 Å². The summed E-state index contributed by atoms with van der Waals surface area (Å²) in [6.07, 6.45) is 3.73. The van der Waals surface area contributed by atoms with Gasteiger partial charge < -0.3 is 10.2 Å². The van der Waals surface area contributed by atoms with Crippen molar-refractivity contribution in [3.63, 3.8) is 0 Å². The molecule has 2 rings (SSSR count). The van der Waals surface area contributed by atoms with Crippen molar-refractivity contribution in [3.8, 4) is 0 Å². The van der Waals surface area contributed by atoms with Crippen molar-refractivity contribution in [2.24, 2.45) is 5.92 Å². The average molecular weight is 251 g/mol. The van der Waals surface area contributed by atoms with Gasteiger partial charge in [-0.25, -0.2) is 0 Å². The molecule has 2 N–H and O–H groups in total. The monoisotopic (exact) mass is 251 g/mol. The molecule has 6 heteroatoms. The lowest BCUT2D eigenvalue weighted by Gasteiger charge is -2.32. The number of aromatic amines is 1. The highest BCUT2D eigenvalue weighted by Crippen LogP contribution is 2.17. The summed E-state index contributed by atoms with van der Waals surface area (Å²) in [7, 11) is 0. The van der Waals surface area contributed by atoms with Crippen molar-refractivity contribution in [3.05, 3.63) is 11.9 Å². The summed E-state index contributed by atoms with van der Waals surface area (Å²) >= 11 is 0. The summed E-state index contributed by atoms with van der Waals surface area (Å²) in [6.45, 7) is 6.89. The molecule has 1 amide bonds. The molecule has 1 aromatic heterocycles. The number of carbonyl (C=O) groups excluding carboxylic acids is 1. The van der Waals surface area contributed by atoms with Gasteiger partial charge in [0.25, 0.3) is 5.91 Å². The molecule has 18 heavy (non-hydrogen) atoms. The molecule has 0 radical (unpaired) electrons. The molecule has 1 atom stereocenters. The molecule has 1 fully saturated rings. The van der Waals surface area contributed by atoms with Crippen molar-refractivity contribution in [1.82, 2.24) is 25.6 Å². The second-order valence-electron chi connectivity index (χ2n) is 5.18. The van der Waals surface area contributed by atoms with Gasteiger partial charge in [-0.3, -0.25) is 4.79 Å². The Kier molecular flexibility index (Phi) is 4.30. The van der Waals surface area contributed by atoms with E-state index in [2.05, 4.69) is 34.6 Å². The number of nitrogens with one attached hydrogen (secondary N) is 2. The van der Waals surface area contributed by atoms with Gasteiger partial charge in [0.2, 0.25) is 0 Å². The molecule has 0 aliphatic carbocycles. The van der Waals surface area contributed by atoms with Crippen LogP contribution in [0.25, 0.3) is 0 Å². The van der Waals surface area contributed by atoms with Crippen molar-refractivity contribution >= 4 is 5.91 Å². The summed E-state index contributed by atoms with van der Waals surface area (Å²) in [5.74, 6) is 0.523. The van der Waals surface area contributed by atoms with E-state index in [0.29, 0.717) is 17.7 Å². The van der Waals surface area contributed by atoms with Crippen LogP contribution in [0.2, 0.25) is 0 Å². The topological polar surface area (TPSA) is 73.9 Å². The van der Waals surface area contributed by atoms with E-state index < -0.39 is 0 Å². The molecular formula is C12H21N5O. The molecule has 6 nitrogen and oxygen atoms in total. The van der Waals surface area contributed by atoms with E-state index in [-0.39, 0.29) is 5.91 Å². The minimum absolute atomic E-state index is 0.0157. The predicted octanol–water partition coefficient (Wildman–Crippen LogP) is 0.655. The first kappa shape index (κ1) is 13.0. The van der Waals surface area contributed by atoms with Gasteiger partial charge in [-0.15, -0.1) is 0 Å². The Labute approximate surface area is 107 Å². The first-order chi connectivity index (χ1) is 8.66. The van der Waals surface area contributed by atoms with Crippen molar-refractivity contribution < 1.29 is 4.79 Å². The molecule has 0 spiro atoms. The van der Waals surface area contributed by atoms with Gasteiger partial charge in [-0.05, 0) is 25.3 Å². The minimum Gasteiger partial charge on any atom is -0.337 e. The third-order valence-electron chi connectivity index (χ3n) is 3.26.